The summed E-state index contributed by atoms with van der Waals surface area (Å²) in [7, 11) is 5.48. The molecule has 1 atom stereocenters. The first-order chi connectivity index (χ1) is 18.9. The van der Waals surface area contributed by atoms with Gasteiger partial charge in [-0.1, -0.05) is 26.0 Å². The normalized spacial score (nSPS) is 16.6. The van der Waals surface area contributed by atoms with Gasteiger partial charge in [-0.2, -0.15) is 0 Å². The lowest BCUT2D eigenvalue weighted by atomic mass is 9.91. The fourth-order valence-electron chi connectivity index (χ4n) is 5.05. The Morgan fingerprint density at radius 2 is 1.57 bits per heavy atom. The lowest BCUT2D eigenvalue weighted by Crippen LogP contribution is -2.29. The topological polar surface area (TPSA) is 79.3 Å². The molecule has 1 fully saturated rings. The van der Waals surface area contributed by atoms with Crippen molar-refractivity contribution in [3.63, 3.8) is 0 Å². The number of carbonyl (C=O) groups is 2. The first kappa shape index (κ1) is 28.7. The van der Waals surface area contributed by atoms with Gasteiger partial charge >= 0.3 is 0 Å². The minimum atomic E-state index is -0.831. The fraction of sp³-hybridized carbons (Fsp3) is 0.333. The molecule has 0 radical (unpaired) electrons. The quantitative estimate of drug-likeness (QED) is 0.196. The van der Waals surface area contributed by atoms with Crippen LogP contribution < -0.4 is 19.3 Å². The van der Waals surface area contributed by atoms with Crippen LogP contribution in [0.2, 0.25) is 0 Å². The van der Waals surface area contributed by atoms with Gasteiger partial charge in [-0.25, -0.2) is 0 Å². The minimum absolute atomic E-state index is 0.0000948. The van der Waals surface area contributed by atoms with E-state index in [1.165, 1.54) is 4.90 Å². The van der Waals surface area contributed by atoms with Gasteiger partial charge in [0.2, 0.25) is 0 Å². The molecule has 1 saturated heterocycles. The smallest absolute Gasteiger partial charge is 0.300 e. The molecule has 1 aliphatic rings. The molecule has 4 rings (SSSR count). The molecule has 0 aromatic heterocycles. The minimum Gasteiger partial charge on any atom is -0.507 e. The maximum Gasteiger partial charge on any atom is 0.300 e. The van der Waals surface area contributed by atoms with Crippen LogP contribution in [0.5, 0.6) is 11.5 Å². The molecule has 210 valence electrons. The van der Waals surface area contributed by atoms with E-state index in [2.05, 4.69) is 0 Å². The van der Waals surface area contributed by atoms with Crippen molar-refractivity contribution in [3.05, 3.63) is 88.5 Å². The van der Waals surface area contributed by atoms with E-state index >= 15 is 0 Å². The number of hydrogen-bond donors (Lipinski definition) is 1. The zero-order valence-corrected chi connectivity index (χ0v) is 24.5. The van der Waals surface area contributed by atoms with Crippen LogP contribution in [0, 0.1) is 6.92 Å². The summed E-state index contributed by atoms with van der Waals surface area (Å²) in [5, 5.41) is 11.8. The second-order valence-corrected chi connectivity index (χ2v) is 10.9. The number of benzene rings is 3. The number of rotatable bonds is 8. The highest BCUT2D eigenvalue weighted by molar-refractivity contribution is 6.51. The maximum absolute atomic E-state index is 13.7. The molecule has 7 nitrogen and oxygen atoms in total. The number of nitrogens with zero attached hydrogens (tertiary/aromatic N) is 2. The van der Waals surface area contributed by atoms with Crippen molar-refractivity contribution >= 4 is 28.8 Å². The van der Waals surface area contributed by atoms with E-state index in [0.29, 0.717) is 28.3 Å². The second kappa shape index (κ2) is 11.5. The molecular weight excluding hydrogens is 504 g/mol. The molecule has 1 amide bonds. The highest BCUT2D eigenvalue weighted by Crippen LogP contribution is 2.44. The fourth-order valence-corrected chi connectivity index (χ4v) is 5.05. The van der Waals surface area contributed by atoms with E-state index in [9.17, 15) is 14.7 Å². The maximum atomic E-state index is 13.7. The van der Waals surface area contributed by atoms with Gasteiger partial charge in [0.25, 0.3) is 11.7 Å². The van der Waals surface area contributed by atoms with Gasteiger partial charge in [0, 0.05) is 31.0 Å². The first-order valence-corrected chi connectivity index (χ1v) is 13.5. The van der Waals surface area contributed by atoms with Crippen LogP contribution in [-0.2, 0) is 9.59 Å². The van der Waals surface area contributed by atoms with Crippen molar-refractivity contribution in [3.8, 4) is 11.5 Å². The summed E-state index contributed by atoms with van der Waals surface area (Å²) in [5.74, 6) is -0.129. The van der Waals surface area contributed by atoms with E-state index in [1.807, 2.05) is 114 Å². The van der Waals surface area contributed by atoms with Crippen molar-refractivity contribution in [1.29, 1.82) is 0 Å². The number of aryl methyl sites for hydroxylation is 1. The third kappa shape index (κ3) is 5.41. The molecular formula is C33H38N2O5. The predicted octanol–water partition coefficient (Wildman–Crippen LogP) is 6.61. The van der Waals surface area contributed by atoms with Crippen molar-refractivity contribution in [2.24, 2.45) is 0 Å². The summed E-state index contributed by atoms with van der Waals surface area (Å²) in [4.78, 5) is 30.7. The number of aliphatic hydroxyl groups is 1. The molecule has 40 heavy (non-hydrogen) atoms. The molecule has 0 spiro atoms. The van der Waals surface area contributed by atoms with Crippen LogP contribution in [0.15, 0.2) is 66.2 Å². The molecule has 1 heterocycles. The number of amides is 1. The molecule has 7 heteroatoms. The molecule has 1 unspecified atom stereocenters. The summed E-state index contributed by atoms with van der Waals surface area (Å²) in [6, 6.07) is 17.6. The van der Waals surface area contributed by atoms with Gasteiger partial charge in [-0.3, -0.25) is 14.5 Å². The Hall–Kier alpha value is -4.26. The Morgan fingerprint density at radius 3 is 2.10 bits per heavy atom. The molecule has 0 saturated carbocycles. The number of anilines is 2. The molecule has 3 aromatic rings. The Morgan fingerprint density at radius 1 is 0.950 bits per heavy atom. The average Bonchev–Trinajstić information content (AvgIpc) is 3.18. The van der Waals surface area contributed by atoms with E-state index in [0.717, 1.165) is 16.8 Å². The lowest BCUT2D eigenvalue weighted by molar-refractivity contribution is -0.132. The molecule has 3 aromatic carbocycles. The van der Waals surface area contributed by atoms with Crippen LogP contribution in [0.1, 0.15) is 61.9 Å². The zero-order chi connectivity index (χ0) is 29.3. The molecule has 1 N–H and O–H groups in total. The highest BCUT2D eigenvalue weighted by atomic mass is 16.5. The summed E-state index contributed by atoms with van der Waals surface area (Å²) in [6.45, 7) is 9.82. The van der Waals surface area contributed by atoms with Crippen LogP contribution in [0.3, 0.4) is 0 Å². The number of hydrogen-bond acceptors (Lipinski definition) is 6. The standard InChI is InChI=1S/C33H38N2O5/c1-19(2)26-18-27(21(5)17-28(26)39-8)31(36)29-30(22-9-15-25(16-10-22)40-20(3)4)35(33(38)32(29)37)24-13-11-23(12-14-24)34(6)7/h9-20,30,36H,1-8H3/b31-29+. The summed E-state index contributed by atoms with van der Waals surface area (Å²) < 4.78 is 11.4. The predicted molar refractivity (Wildman–Crippen MR) is 160 cm³/mol. The third-order valence-electron chi connectivity index (χ3n) is 7.11. The zero-order valence-electron chi connectivity index (χ0n) is 24.5. The van der Waals surface area contributed by atoms with Gasteiger partial charge in [-0.05, 0) is 91.9 Å². The van der Waals surface area contributed by atoms with E-state index < -0.39 is 17.7 Å². The Kier molecular flexibility index (Phi) is 8.24. The first-order valence-electron chi connectivity index (χ1n) is 13.5. The number of aliphatic hydroxyl groups excluding tert-OH is 1. The Balaban J connectivity index is 1.93. The number of methoxy groups -OCH3 is 1. The molecule has 0 bridgehead atoms. The SMILES string of the molecule is COc1cc(C)c(/C(O)=C2\C(=O)C(=O)N(c3ccc(N(C)C)cc3)C2c2ccc(OC(C)C)cc2)cc1C(C)C. The van der Waals surface area contributed by atoms with Gasteiger partial charge in [-0.15, -0.1) is 0 Å². The van der Waals surface area contributed by atoms with Crippen LogP contribution in [-0.4, -0.2) is 44.1 Å². The third-order valence-corrected chi connectivity index (χ3v) is 7.11. The Bertz CT molecular complexity index is 1440. The highest BCUT2D eigenvalue weighted by Gasteiger charge is 2.47. The van der Waals surface area contributed by atoms with Gasteiger partial charge in [0.05, 0.1) is 24.8 Å². The van der Waals surface area contributed by atoms with Gasteiger partial charge in [0.1, 0.15) is 17.3 Å². The van der Waals surface area contributed by atoms with Crippen molar-refractivity contribution < 1.29 is 24.2 Å². The van der Waals surface area contributed by atoms with E-state index in [4.69, 9.17) is 9.47 Å². The van der Waals surface area contributed by atoms with Crippen molar-refractivity contribution in [1.82, 2.24) is 0 Å². The average molecular weight is 543 g/mol. The van der Waals surface area contributed by atoms with Crippen molar-refractivity contribution in [2.45, 2.75) is 52.7 Å². The van der Waals surface area contributed by atoms with Gasteiger partial charge in [0.15, 0.2) is 0 Å². The van der Waals surface area contributed by atoms with Gasteiger partial charge < -0.3 is 19.5 Å². The monoisotopic (exact) mass is 542 g/mol. The number of ketones is 1. The summed E-state index contributed by atoms with van der Waals surface area (Å²) in [5.41, 5.74) is 4.38. The molecule has 0 aliphatic carbocycles. The Labute approximate surface area is 236 Å². The lowest BCUT2D eigenvalue weighted by Gasteiger charge is -2.26. The van der Waals surface area contributed by atoms with E-state index in [-0.39, 0.29) is 23.4 Å². The number of carbonyl (C=O) groups excluding carboxylic acids is 2. The number of Topliss-reactive ketones (excluding diaryl/α,β-unsaturated/α-hetero) is 1. The second-order valence-electron chi connectivity index (χ2n) is 10.9. The van der Waals surface area contributed by atoms with Crippen LogP contribution >= 0.6 is 0 Å². The van der Waals surface area contributed by atoms with E-state index in [1.54, 1.807) is 7.11 Å². The largest absolute Gasteiger partial charge is 0.507 e. The van der Waals surface area contributed by atoms with Crippen LogP contribution in [0.4, 0.5) is 11.4 Å². The van der Waals surface area contributed by atoms with Crippen molar-refractivity contribution in [2.75, 3.05) is 31.0 Å². The van der Waals surface area contributed by atoms with Crippen LogP contribution in [0.25, 0.3) is 5.76 Å². The molecule has 1 aliphatic heterocycles. The number of ether oxygens (including phenoxy) is 2. The summed E-state index contributed by atoms with van der Waals surface area (Å²) >= 11 is 0. The summed E-state index contributed by atoms with van der Waals surface area (Å²) in [6.07, 6.45) is -0.0000948.